The van der Waals surface area contributed by atoms with Crippen molar-refractivity contribution in [1.29, 1.82) is 0 Å². The lowest BCUT2D eigenvalue weighted by atomic mass is 10.0. The van der Waals surface area contributed by atoms with Gasteiger partial charge in [-0.05, 0) is 49.3 Å². The van der Waals surface area contributed by atoms with Crippen molar-refractivity contribution in [2.75, 3.05) is 13.2 Å². The molecule has 1 aromatic carbocycles. The van der Waals surface area contributed by atoms with E-state index in [1.54, 1.807) is 16.4 Å². The molecule has 1 heterocycles. The van der Waals surface area contributed by atoms with Gasteiger partial charge in [0.05, 0.1) is 4.90 Å². The molecule has 21 heavy (non-hydrogen) atoms. The number of hydrogen-bond acceptors (Lipinski definition) is 3. The Morgan fingerprint density at radius 3 is 2.52 bits per heavy atom. The zero-order chi connectivity index (χ0) is 15.5. The normalized spacial score (nSPS) is 20.3. The number of hydrogen-bond donors (Lipinski definition) is 1. The van der Waals surface area contributed by atoms with Crippen molar-refractivity contribution < 1.29 is 13.5 Å². The third kappa shape index (κ3) is 3.65. The van der Waals surface area contributed by atoms with E-state index in [-0.39, 0.29) is 12.6 Å². The van der Waals surface area contributed by atoms with Crippen LogP contribution in [0, 0.1) is 5.92 Å². The maximum Gasteiger partial charge on any atom is 0.243 e. The Hall–Kier alpha value is -0.910. The molecule has 1 N–H and O–H groups in total. The Morgan fingerprint density at radius 1 is 1.29 bits per heavy atom. The Balaban J connectivity index is 2.19. The summed E-state index contributed by atoms with van der Waals surface area (Å²) in [6.45, 7) is 4.94. The highest BCUT2D eigenvalue weighted by Crippen LogP contribution is 2.30. The van der Waals surface area contributed by atoms with E-state index in [0.717, 1.165) is 24.8 Å². The SMILES string of the molecule is CC(C)C1CCCN1S(=O)(=O)c1ccc(CCCO)cc1. The van der Waals surface area contributed by atoms with Gasteiger partial charge >= 0.3 is 0 Å². The molecule has 0 bridgehead atoms. The number of benzene rings is 1. The van der Waals surface area contributed by atoms with E-state index in [4.69, 9.17) is 5.11 Å². The summed E-state index contributed by atoms with van der Waals surface area (Å²) >= 11 is 0. The monoisotopic (exact) mass is 311 g/mol. The molecule has 1 atom stereocenters. The second kappa shape index (κ2) is 6.90. The maximum atomic E-state index is 12.8. The van der Waals surface area contributed by atoms with Gasteiger partial charge in [-0.1, -0.05) is 26.0 Å². The molecule has 5 heteroatoms. The highest BCUT2D eigenvalue weighted by atomic mass is 32.2. The van der Waals surface area contributed by atoms with E-state index in [1.807, 2.05) is 12.1 Å². The largest absolute Gasteiger partial charge is 0.396 e. The highest BCUT2D eigenvalue weighted by Gasteiger charge is 2.36. The second-order valence-corrected chi connectivity index (χ2v) is 7.93. The van der Waals surface area contributed by atoms with E-state index in [9.17, 15) is 8.42 Å². The van der Waals surface area contributed by atoms with Crippen LogP contribution in [-0.2, 0) is 16.4 Å². The van der Waals surface area contributed by atoms with E-state index >= 15 is 0 Å². The molecule has 1 saturated heterocycles. The van der Waals surface area contributed by atoms with Gasteiger partial charge in [0.15, 0.2) is 0 Å². The summed E-state index contributed by atoms with van der Waals surface area (Å²) in [6.07, 6.45) is 3.37. The number of aliphatic hydroxyl groups is 1. The predicted molar refractivity (Wildman–Crippen MR) is 83.6 cm³/mol. The fourth-order valence-electron chi connectivity index (χ4n) is 2.98. The molecule has 118 valence electrons. The van der Waals surface area contributed by atoms with Crippen LogP contribution < -0.4 is 0 Å². The molecule has 1 aromatic rings. The molecular formula is C16H25NO3S. The minimum atomic E-state index is -3.39. The minimum Gasteiger partial charge on any atom is -0.396 e. The summed E-state index contributed by atoms with van der Waals surface area (Å²) in [5.74, 6) is 0.339. The summed E-state index contributed by atoms with van der Waals surface area (Å²) in [5.41, 5.74) is 1.06. The molecule has 0 aliphatic carbocycles. The van der Waals surface area contributed by atoms with Gasteiger partial charge in [0.1, 0.15) is 0 Å². The summed E-state index contributed by atoms with van der Waals surface area (Å²) in [7, 11) is -3.39. The van der Waals surface area contributed by atoms with Gasteiger partial charge in [-0.15, -0.1) is 0 Å². The van der Waals surface area contributed by atoms with Crippen LogP contribution in [0.15, 0.2) is 29.2 Å². The van der Waals surface area contributed by atoms with Crippen LogP contribution >= 0.6 is 0 Å². The van der Waals surface area contributed by atoms with Crippen LogP contribution in [0.3, 0.4) is 0 Å². The summed E-state index contributed by atoms with van der Waals surface area (Å²) in [6, 6.07) is 7.20. The summed E-state index contributed by atoms with van der Waals surface area (Å²) in [5, 5.41) is 8.83. The molecule has 1 aliphatic rings. The maximum absolute atomic E-state index is 12.8. The van der Waals surface area contributed by atoms with Gasteiger partial charge in [0.2, 0.25) is 10.0 Å². The van der Waals surface area contributed by atoms with Crippen molar-refractivity contribution in [1.82, 2.24) is 4.31 Å². The van der Waals surface area contributed by atoms with Gasteiger partial charge in [-0.3, -0.25) is 0 Å². The van der Waals surface area contributed by atoms with Gasteiger partial charge in [0.25, 0.3) is 0 Å². The first-order chi connectivity index (χ1) is 9.96. The first-order valence-electron chi connectivity index (χ1n) is 7.68. The van der Waals surface area contributed by atoms with Crippen molar-refractivity contribution in [3.05, 3.63) is 29.8 Å². The quantitative estimate of drug-likeness (QED) is 0.878. The van der Waals surface area contributed by atoms with Crippen molar-refractivity contribution in [3.63, 3.8) is 0 Å². The molecule has 0 aromatic heterocycles. The van der Waals surface area contributed by atoms with Crippen molar-refractivity contribution in [2.45, 2.75) is 50.5 Å². The fraction of sp³-hybridized carbons (Fsp3) is 0.625. The molecule has 4 nitrogen and oxygen atoms in total. The average Bonchev–Trinajstić information content (AvgIpc) is 2.96. The first kappa shape index (κ1) is 16.5. The summed E-state index contributed by atoms with van der Waals surface area (Å²) in [4.78, 5) is 0.378. The van der Waals surface area contributed by atoms with Crippen molar-refractivity contribution in [2.24, 2.45) is 5.92 Å². The Bertz CT molecular complexity index is 551. The summed E-state index contributed by atoms with van der Waals surface area (Å²) < 4.78 is 27.2. The topological polar surface area (TPSA) is 57.6 Å². The Morgan fingerprint density at radius 2 is 1.95 bits per heavy atom. The van der Waals surface area contributed by atoms with Gasteiger partial charge in [0, 0.05) is 19.2 Å². The Labute approximate surface area is 127 Å². The van der Waals surface area contributed by atoms with Gasteiger partial charge < -0.3 is 5.11 Å². The van der Waals surface area contributed by atoms with E-state index in [2.05, 4.69) is 13.8 Å². The van der Waals surface area contributed by atoms with Crippen LogP contribution in [-0.4, -0.2) is 37.0 Å². The minimum absolute atomic E-state index is 0.115. The molecule has 2 rings (SSSR count). The van der Waals surface area contributed by atoms with Crippen LogP contribution in [0.25, 0.3) is 0 Å². The third-order valence-corrected chi connectivity index (χ3v) is 6.11. The molecule has 0 radical (unpaired) electrons. The second-order valence-electron chi connectivity index (χ2n) is 6.04. The molecule has 1 fully saturated rings. The first-order valence-corrected chi connectivity index (χ1v) is 9.12. The molecule has 0 spiro atoms. The van der Waals surface area contributed by atoms with Crippen LogP contribution in [0.5, 0.6) is 0 Å². The van der Waals surface area contributed by atoms with E-state index in [0.29, 0.717) is 23.8 Å². The number of aryl methyl sites for hydroxylation is 1. The predicted octanol–water partition coefficient (Wildman–Crippen LogP) is 2.42. The molecule has 1 aliphatic heterocycles. The van der Waals surface area contributed by atoms with E-state index in [1.165, 1.54) is 0 Å². The highest BCUT2D eigenvalue weighted by molar-refractivity contribution is 7.89. The van der Waals surface area contributed by atoms with Crippen LogP contribution in [0.2, 0.25) is 0 Å². The fourth-order valence-corrected chi connectivity index (χ4v) is 4.80. The zero-order valence-corrected chi connectivity index (χ0v) is 13.6. The standard InChI is InChI=1S/C16H25NO3S/c1-13(2)16-6-3-11-17(16)21(19,20)15-9-7-14(8-10-15)5-4-12-18/h7-10,13,16,18H,3-6,11-12H2,1-2H3. The lowest BCUT2D eigenvalue weighted by Gasteiger charge is -2.27. The van der Waals surface area contributed by atoms with Crippen LogP contribution in [0.1, 0.15) is 38.7 Å². The Kier molecular flexibility index (Phi) is 5.41. The lowest BCUT2D eigenvalue weighted by molar-refractivity contribution is 0.288. The molecule has 0 saturated carbocycles. The molecule has 1 unspecified atom stereocenters. The van der Waals surface area contributed by atoms with Gasteiger partial charge in [-0.2, -0.15) is 4.31 Å². The average molecular weight is 311 g/mol. The zero-order valence-electron chi connectivity index (χ0n) is 12.8. The smallest absolute Gasteiger partial charge is 0.243 e. The number of sulfonamides is 1. The third-order valence-electron chi connectivity index (χ3n) is 4.17. The van der Waals surface area contributed by atoms with Gasteiger partial charge in [-0.25, -0.2) is 8.42 Å². The number of nitrogens with zero attached hydrogens (tertiary/aromatic N) is 1. The van der Waals surface area contributed by atoms with Crippen LogP contribution in [0.4, 0.5) is 0 Å². The lowest BCUT2D eigenvalue weighted by Crippen LogP contribution is -2.38. The number of rotatable bonds is 6. The molecule has 0 amide bonds. The molecular weight excluding hydrogens is 286 g/mol. The van der Waals surface area contributed by atoms with Crippen molar-refractivity contribution >= 4 is 10.0 Å². The van der Waals surface area contributed by atoms with Crippen molar-refractivity contribution in [3.8, 4) is 0 Å². The number of aliphatic hydroxyl groups excluding tert-OH is 1. The van der Waals surface area contributed by atoms with E-state index < -0.39 is 10.0 Å².